The number of benzene rings is 1. The molecule has 0 N–H and O–H groups in total. The minimum atomic E-state index is 0.0560. The van der Waals surface area contributed by atoms with Crippen molar-refractivity contribution in [2.45, 2.75) is 13.3 Å². The van der Waals surface area contributed by atoms with E-state index in [1.165, 1.54) is 0 Å². The number of Topliss-reactive ketones (excluding diaryl/α,β-unsaturated/α-hetero) is 1. The second-order valence-corrected chi connectivity index (χ2v) is 3.09. The molecule has 0 bridgehead atoms. The maximum atomic E-state index is 11.5. The van der Waals surface area contributed by atoms with Crippen LogP contribution >= 0.6 is 11.6 Å². The molecule has 0 fully saturated rings. The lowest BCUT2D eigenvalue weighted by molar-refractivity contribution is 0.0988. The maximum absolute atomic E-state index is 11.5. The van der Waals surface area contributed by atoms with E-state index in [0.717, 1.165) is 5.56 Å². The number of carbonyl (C=O) groups is 1. The molecule has 0 aliphatic carbocycles. The van der Waals surface area contributed by atoms with Crippen molar-refractivity contribution in [1.82, 2.24) is 0 Å². The third-order valence-electron chi connectivity index (χ3n) is 1.87. The Morgan fingerprint density at radius 3 is 2.85 bits per heavy atom. The summed E-state index contributed by atoms with van der Waals surface area (Å²) in [5.74, 6) is 0.0560. The molecule has 0 saturated carbocycles. The molecule has 1 aromatic rings. The highest BCUT2D eigenvalue weighted by atomic mass is 35.5. The van der Waals surface area contributed by atoms with Gasteiger partial charge in [-0.3, -0.25) is 4.79 Å². The first kappa shape index (κ1) is 10.0. The fraction of sp³-hybridized carbons (Fsp3) is 0.182. The molecule has 0 amide bonds. The molecule has 0 radical (unpaired) electrons. The van der Waals surface area contributed by atoms with Gasteiger partial charge in [0.05, 0.1) is 5.02 Å². The van der Waals surface area contributed by atoms with E-state index < -0.39 is 0 Å². The lowest BCUT2D eigenvalue weighted by Gasteiger charge is -2.05. The predicted octanol–water partition coefficient (Wildman–Crippen LogP) is 3.58. The lowest BCUT2D eigenvalue weighted by Crippen LogP contribution is -2.00. The van der Waals surface area contributed by atoms with Crippen molar-refractivity contribution in [2.24, 2.45) is 0 Å². The first-order valence-corrected chi connectivity index (χ1v) is 4.52. The van der Waals surface area contributed by atoms with Gasteiger partial charge in [-0.05, 0) is 11.6 Å². The standard InChI is InChI=1S/C11H11ClO/c1-3-8-6-5-7-9(12)11(8)10(13)4-2/h3,5-7H,1,4H2,2H3. The molecule has 13 heavy (non-hydrogen) atoms. The van der Waals surface area contributed by atoms with Gasteiger partial charge in [-0.15, -0.1) is 0 Å². The third kappa shape index (κ3) is 1.99. The number of ketones is 1. The summed E-state index contributed by atoms with van der Waals surface area (Å²) >= 11 is 5.91. The first-order valence-electron chi connectivity index (χ1n) is 4.14. The summed E-state index contributed by atoms with van der Waals surface area (Å²) in [4.78, 5) is 11.5. The Morgan fingerprint density at radius 1 is 1.62 bits per heavy atom. The third-order valence-corrected chi connectivity index (χ3v) is 2.18. The fourth-order valence-corrected chi connectivity index (χ4v) is 1.47. The van der Waals surface area contributed by atoms with Crippen molar-refractivity contribution in [2.75, 3.05) is 0 Å². The number of carbonyl (C=O) groups excluding carboxylic acids is 1. The highest BCUT2D eigenvalue weighted by Gasteiger charge is 2.11. The molecule has 0 heterocycles. The van der Waals surface area contributed by atoms with Gasteiger partial charge in [0, 0.05) is 12.0 Å². The molecule has 0 atom stereocenters. The lowest BCUT2D eigenvalue weighted by atomic mass is 10.0. The van der Waals surface area contributed by atoms with Crippen molar-refractivity contribution in [1.29, 1.82) is 0 Å². The summed E-state index contributed by atoms with van der Waals surface area (Å²) in [6.45, 7) is 5.46. The molecule has 0 aliphatic rings. The van der Waals surface area contributed by atoms with Crippen molar-refractivity contribution < 1.29 is 4.79 Å². The molecule has 68 valence electrons. The van der Waals surface area contributed by atoms with Crippen LogP contribution in [0.3, 0.4) is 0 Å². The number of hydrogen-bond acceptors (Lipinski definition) is 1. The molecular formula is C11H11ClO. The smallest absolute Gasteiger partial charge is 0.164 e. The summed E-state index contributed by atoms with van der Waals surface area (Å²) in [6.07, 6.45) is 2.11. The van der Waals surface area contributed by atoms with Crippen LogP contribution in [0.5, 0.6) is 0 Å². The van der Waals surface area contributed by atoms with Gasteiger partial charge in [-0.1, -0.05) is 43.3 Å². The van der Waals surface area contributed by atoms with Gasteiger partial charge >= 0.3 is 0 Å². The SMILES string of the molecule is C=Cc1cccc(Cl)c1C(=O)CC. The molecule has 1 aromatic carbocycles. The van der Waals surface area contributed by atoms with Crippen LogP contribution in [0.25, 0.3) is 6.08 Å². The van der Waals surface area contributed by atoms with Gasteiger partial charge < -0.3 is 0 Å². The van der Waals surface area contributed by atoms with E-state index in [0.29, 0.717) is 17.0 Å². The number of rotatable bonds is 3. The zero-order valence-corrected chi connectivity index (χ0v) is 8.27. The summed E-state index contributed by atoms with van der Waals surface area (Å²) in [5.41, 5.74) is 1.39. The zero-order chi connectivity index (χ0) is 9.84. The summed E-state index contributed by atoms with van der Waals surface area (Å²) in [6, 6.07) is 5.37. The fourth-order valence-electron chi connectivity index (χ4n) is 1.18. The highest BCUT2D eigenvalue weighted by molar-refractivity contribution is 6.34. The Hall–Kier alpha value is -1.08. The van der Waals surface area contributed by atoms with E-state index in [4.69, 9.17) is 11.6 Å². The maximum Gasteiger partial charge on any atom is 0.164 e. The van der Waals surface area contributed by atoms with Crippen LogP contribution < -0.4 is 0 Å². The Bertz CT molecular complexity index is 342. The van der Waals surface area contributed by atoms with Crippen LogP contribution in [0.4, 0.5) is 0 Å². The minimum Gasteiger partial charge on any atom is -0.294 e. The largest absolute Gasteiger partial charge is 0.294 e. The average molecular weight is 195 g/mol. The van der Waals surface area contributed by atoms with Gasteiger partial charge in [0.2, 0.25) is 0 Å². The van der Waals surface area contributed by atoms with Crippen molar-refractivity contribution in [3.63, 3.8) is 0 Å². The van der Waals surface area contributed by atoms with Gasteiger partial charge in [0.1, 0.15) is 0 Å². The van der Waals surface area contributed by atoms with Gasteiger partial charge in [-0.2, -0.15) is 0 Å². The van der Waals surface area contributed by atoms with E-state index in [1.807, 2.05) is 19.1 Å². The molecule has 0 aromatic heterocycles. The Balaban J connectivity index is 3.30. The van der Waals surface area contributed by atoms with Gasteiger partial charge in [0.25, 0.3) is 0 Å². The van der Waals surface area contributed by atoms with Gasteiger partial charge in [-0.25, -0.2) is 0 Å². The molecule has 0 saturated heterocycles. The molecule has 0 aliphatic heterocycles. The summed E-state index contributed by atoms with van der Waals surface area (Å²) in [5, 5.41) is 0.504. The normalized spacial score (nSPS) is 9.69. The first-order chi connectivity index (χ1) is 6.20. The molecular weight excluding hydrogens is 184 g/mol. The average Bonchev–Trinajstić information content (AvgIpc) is 2.16. The summed E-state index contributed by atoms with van der Waals surface area (Å²) < 4.78 is 0. The molecule has 2 heteroatoms. The molecule has 0 unspecified atom stereocenters. The van der Waals surface area contributed by atoms with E-state index in [-0.39, 0.29) is 5.78 Å². The minimum absolute atomic E-state index is 0.0560. The highest BCUT2D eigenvalue weighted by Crippen LogP contribution is 2.22. The van der Waals surface area contributed by atoms with E-state index in [9.17, 15) is 4.79 Å². The van der Waals surface area contributed by atoms with Crippen LogP contribution in [0.2, 0.25) is 5.02 Å². The molecule has 1 nitrogen and oxygen atoms in total. The van der Waals surface area contributed by atoms with E-state index in [1.54, 1.807) is 12.1 Å². The van der Waals surface area contributed by atoms with Crippen LogP contribution in [-0.4, -0.2) is 5.78 Å². The molecule has 1 rings (SSSR count). The van der Waals surface area contributed by atoms with Gasteiger partial charge in [0.15, 0.2) is 5.78 Å². The van der Waals surface area contributed by atoms with Crippen molar-refractivity contribution >= 4 is 23.5 Å². The molecule has 0 spiro atoms. The number of hydrogen-bond donors (Lipinski definition) is 0. The Kier molecular flexibility index (Phi) is 3.26. The second-order valence-electron chi connectivity index (χ2n) is 2.68. The van der Waals surface area contributed by atoms with E-state index in [2.05, 4.69) is 6.58 Å². The zero-order valence-electron chi connectivity index (χ0n) is 7.51. The van der Waals surface area contributed by atoms with Crippen LogP contribution in [-0.2, 0) is 0 Å². The number of halogens is 1. The Labute approximate surface area is 83.0 Å². The summed E-state index contributed by atoms with van der Waals surface area (Å²) in [7, 11) is 0. The quantitative estimate of drug-likeness (QED) is 0.673. The monoisotopic (exact) mass is 194 g/mol. The van der Waals surface area contributed by atoms with E-state index >= 15 is 0 Å². The topological polar surface area (TPSA) is 17.1 Å². The predicted molar refractivity (Wildman–Crippen MR) is 56.2 cm³/mol. The van der Waals surface area contributed by atoms with Crippen molar-refractivity contribution in [3.05, 3.63) is 40.9 Å². The van der Waals surface area contributed by atoms with Crippen molar-refractivity contribution in [3.8, 4) is 0 Å². The van der Waals surface area contributed by atoms with Crippen LogP contribution in [0, 0.1) is 0 Å². The van der Waals surface area contributed by atoms with Crippen LogP contribution in [0.15, 0.2) is 24.8 Å². The second kappa shape index (κ2) is 4.24. The Morgan fingerprint density at radius 2 is 2.31 bits per heavy atom. The van der Waals surface area contributed by atoms with Crippen LogP contribution in [0.1, 0.15) is 29.3 Å².